The van der Waals surface area contributed by atoms with Crippen molar-refractivity contribution in [3.05, 3.63) is 76.8 Å². The second kappa shape index (κ2) is 9.19. The highest BCUT2D eigenvalue weighted by atomic mass is 32.1. The van der Waals surface area contributed by atoms with Crippen LogP contribution in [0.25, 0.3) is 31.7 Å². The van der Waals surface area contributed by atoms with Crippen LogP contribution < -0.4 is 20.3 Å². The van der Waals surface area contributed by atoms with Gasteiger partial charge in [0.1, 0.15) is 33.4 Å². The fourth-order valence-corrected chi connectivity index (χ4v) is 4.95. The quantitative estimate of drug-likeness (QED) is 0.376. The van der Waals surface area contributed by atoms with Crippen LogP contribution >= 0.6 is 11.3 Å². The average Bonchev–Trinajstić information content (AvgIpc) is 3.24. The molecule has 0 bridgehead atoms. The minimum Gasteiger partial charge on any atom is -0.497 e. The first-order valence-corrected chi connectivity index (χ1v) is 11.7. The summed E-state index contributed by atoms with van der Waals surface area (Å²) in [6.07, 6.45) is 0. The maximum Gasteiger partial charge on any atom is 0.272 e. The minimum absolute atomic E-state index is 0.177. The molecule has 0 unspecified atom stereocenters. The average molecular weight is 487 g/mol. The van der Waals surface area contributed by atoms with E-state index in [0.29, 0.717) is 33.2 Å². The van der Waals surface area contributed by atoms with Crippen molar-refractivity contribution in [1.82, 2.24) is 14.5 Å². The molecule has 0 aliphatic heterocycles. The van der Waals surface area contributed by atoms with E-state index in [0.717, 1.165) is 21.5 Å². The first-order chi connectivity index (χ1) is 17.0. The predicted octanol–water partition coefficient (Wildman–Crippen LogP) is 4.64. The molecule has 176 valence electrons. The monoisotopic (exact) mass is 486 g/mol. The summed E-state index contributed by atoms with van der Waals surface area (Å²) in [5, 5.41) is 3.62. The van der Waals surface area contributed by atoms with Crippen LogP contribution in [0, 0.1) is 6.92 Å². The fraction of sp³-hybridized carbons (Fsp3) is 0.154. The number of carbonyl (C=O) groups is 1. The van der Waals surface area contributed by atoms with Crippen molar-refractivity contribution >= 4 is 43.4 Å². The number of hydrogen-bond donors (Lipinski definition) is 1. The summed E-state index contributed by atoms with van der Waals surface area (Å²) in [6, 6.07) is 18.8. The Balaban J connectivity index is 1.48. The molecule has 0 saturated carbocycles. The third kappa shape index (κ3) is 4.33. The maximum atomic E-state index is 13.3. The molecule has 0 atom stereocenters. The van der Waals surface area contributed by atoms with Gasteiger partial charge in [-0.1, -0.05) is 30.3 Å². The van der Waals surface area contributed by atoms with Crippen LogP contribution in [0.1, 0.15) is 5.82 Å². The molecule has 9 heteroatoms. The van der Waals surface area contributed by atoms with Crippen molar-refractivity contribution < 1.29 is 14.3 Å². The van der Waals surface area contributed by atoms with Crippen molar-refractivity contribution in [2.75, 3.05) is 19.5 Å². The van der Waals surface area contributed by atoms with Crippen molar-refractivity contribution in [2.24, 2.45) is 0 Å². The largest absolute Gasteiger partial charge is 0.497 e. The first-order valence-electron chi connectivity index (χ1n) is 10.9. The number of benzene rings is 2. The SMILES string of the molecule is COc1cc(NC(=O)Cn2c(C)nc3c(sc4nc(-c5ccccc5)ccc43)c2=O)cc(OC)c1. The van der Waals surface area contributed by atoms with Gasteiger partial charge in [-0.05, 0) is 19.1 Å². The maximum absolute atomic E-state index is 13.3. The molecule has 0 spiro atoms. The number of amides is 1. The van der Waals surface area contributed by atoms with E-state index >= 15 is 0 Å². The second-order valence-electron chi connectivity index (χ2n) is 7.89. The Labute approximate surface area is 204 Å². The Morgan fingerprint density at radius 1 is 1.00 bits per heavy atom. The number of hydrogen-bond acceptors (Lipinski definition) is 7. The predicted molar refractivity (Wildman–Crippen MR) is 138 cm³/mol. The number of anilines is 1. The first kappa shape index (κ1) is 22.5. The van der Waals surface area contributed by atoms with Gasteiger partial charge in [0.2, 0.25) is 5.91 Å². The summed E-state index contributed by atoms with van der Waals surface area (Å²) in [5.74, 6) is 1.18. The van der Waals surface area contributed by atoms with Gasteiger partial charge in [0, 0.05) is 34.8 Å². The number of carbonyl (C=O) groups excluding carboxylic acids is 1. The fourth-order valence-electron chi connectivity index (χ4n) is 3.89. The Kier molecular flexibility index (Phi) is 5.92. The van der Waals surface area contributed by atoms with Gasteiger partial charge in [-0.15, -0.1) is 11.3 Å². The number of rotatable bonds is 6. The van der Waals surface area contributed by atoms with Crippen LogP contribution in [0.2, 0.25) is 0 Å². The summed E-state index contributed by atoms with van der Waals surface area (Å²) in [4.78, 5) is 36.3. The lowest BCUT2D eigenvalue weighted by molar-refractivity contribution is -0.116. The highest BCUT2D eigenvalue weighted by molar-refractivity contribution is 7.25. The molecular weight excluding hydrogens is 464 g/mol. The van der Waals surface area contributed by atoms with Gasteiger partial charge in [-0.2, -0.15) is 0 Å². The minimum atomic E-state index is -0.364. The lowest BCUT2D eigenvalue weighted by Crippen LogP contribution is -2.29. The zero-order valence-corrected chi connectivity index (χ0v) is 20.2. The summed E-state index contributed by atoms with van der Waals surface area (Å²) in [7, 11) is 3.07. The third-order valence-electron chi connectivity index (χ3n) is 5.64. The summed E-state index contributed by atoms with van der Waals surface area (Å²) in [6.45, 7) is 1.54. The lowest BCUT2D eigenvalue weighted by Gasteiger charge is -2.12. The molecule has 3 aromatic heterocycles. The van der Waals surface area contributed by atoms with Gasteiger partial charge in [0.25, 0.3) is 5.56 Å². The molecule has 0 aliphatic carbocycles. The highest BCUT2D eigenvalue weighted by Gasteiger charge is 2.17. The number of nitrogens with zero attached hydrogens (tertiary/aromatic N) is 3. The number of nitrogens with one attached hydrogen (secondary N) is 1. The van der Waals surface area contributed by atoms with Gasteiger partial charge >= 0.3 is 0 Å². The van der Waals surface area contributed by atoms with Gasteiger partial charge in [0.15, 0.2) is 0 Å². The molecule has 0 aliphatic rings. The summed E-state index contributed by atoms with van der Waals surface area (Å²) >= 11 is 1.29. The normalized spacial score (nSPS) is 11.1. The van der Waals surface area contributed by atoms with E-state index in [4.69, 9.17) is 14.5 Å². The number of fused-ring (bicyclic) bond motifs is 3. The molecule has 1 N–H and O–H groups in total. The van der Waals surface area contributed by atoms with Crippen LogP contribution in [0.15, 0.2) is 65.5 Å². The Morgan fingerprint density at radius 3 is 2.40 bits per heavy atom. The number of aryl methyl sites for hydroxylation is 1. The smallest absolute Gasteiger partial charge is 0.272 e. The Morgan fingerprint density at radius 2 is 1.71 bits per heavy atom. The van der Waals surface area contributed by atoms with E-state index in [1.165, 1.54) is 30.1 Å². The van der Waals surface area contributed by atoms with Crippen LogP contribution in [-0.2, 0) is 11.3 Å². The van der Waals surface area contributed by atoms with E-state index in [2.05, 4.69) is 10.3 Å². The van der Waals surface area contributed by atoms with Crippen molar-refractivity contribution in [1.29, 1.82) is 0 Å². The molecule has 2 aromatic carbocycles. The third-order valence-corrected chi connectivity index (χ3v) is 6.72. The van der Waals surface area contributed by atoms with E-state index < -0.39 is 0 Å². The number of methoxy groups -OCH3 is 2. The summed E-state index contributed by atoms with van der Waals surface area (Å²) in [5.41, 5.74) is 2.67. The zero-order chi connectivity index (χ0) is 24.5. The number of ether oxygens (including phenoxy) is 2. The lowest BCUT2D eigenvalue weighted by atomic mass is 10.1. The van der Waals surface area contributed by atoms with Gasteiger partial charge in [-0.3, -0.25) is 14.2 Å². The van der Waals surface area contributed by atoms with E-state index in [1.54, 1.807) is 25.1 Å². The van der Waals surface area contributed by atoms with E-state index in [9.17, 15) is 9.59 Å². The highest BCUT2D eigenvalue weighted by Crippen LogP contribution is 2.31. The number of thiophene rings is 1. The molecule has 0 saturated heterocycles. The zero-order valence-electron chi connectivity index (χ0n) is 19.4. The van der Waals surface area contributed by atoms with Crippen molar-refractivity contribution in [3.63, 3.8) is 0 Å². The van der Waals surface area contributed by atoms with Crippen LogP contribution in [0.3, 0.4) is 0 Å². The molecule has 5 aromatic rings. The Bertz CT molecular complexity index is 1600. The van der Waals surface area contributed by atoms with Gasteiger partial charge in [0.05, 0.1) is 25.4 Å². The van der Waals surface area contributed by atoms with Crippen molar-refractivity contribution in [3.8, 4) is 22.8 Å². The van der Waals surface area contributed by atoms with Crippen molar-refractivity contribution in [2.45, 2.75) is 13.5 Å². The second-order valence-corrected chi connectivity index (χ2v) is 8.89. The van der Waals surface area contributed by atoms with Gasteiger partial charge in [-0.25, -0.2) is 9.97 Å². The number of aromatic nitrogens is 3. The molecule has 8 nitrogen and oxygen atoms in total. The topological polar surface area (TPSA) is 95.3 Å². The molecule has 5 rings (SSSR count). The summed E-state index contributed by atoms with van der Waals surface area (Å²) < 4.78 is 12.3. The molecular formula is C26H22N4O4S. The Hall–Kier alpha value is -4.24. The molecule has 1 amide bonds. The molecule has 3 heterocycles. The van der Waals surface area contributed by atoms with Gasteiger partial charge < -0.3 is 14.8 Å². The van der Waals surface area contributed by atoms with Crippen LogP contribution in [-0.4, -0.2) is 34.7 Å². The number of pyridine rings is 1. The van der Waals surface area contributed by atoms with E-state index in [1.807, 2.05) is 42.5 Å². The standard InChI is InChI=1S/C26H22N4O4S/c1-15-27-23-20-9-10-21(16-7-5-4-6-8-16)29-25(20)35-24(23)26(32)30(15)14-22(31)28-17-11-18(33-2)13-19(12-17)34-3/h4-13H,14H2,1-3H3,(H,28,31). The van der Waals surface area contributed by atoms with E-state index in [-0.39, 0.29) is 18.0 Å². The molecule has 35 heavy (non-hydrogen) atoms. The van der Waals surface area contributed by atoms with Crippen LogP contribution in [0.4, 0.5) is 5.69 Å². The van der Waals surface area contributed by atoms with Crippen LogP contribution in [0.5, 0.6) is 11.5 Å². The molecule has 0 radical (unpaired) electrons. The molecule has 0 fully saturated rings.